The van der Waals surface area contributed by atoms with Gasteiger partial charge in [-0.3, -0.25) is 4.99 Å². The maximum absolute atomic E-state index is 5.48. The van der Waals surface area contributed by atoms with E-state index < -0.39 is 5.60 Å². The molecule has 70 valence electrons. The molecule has 3 aliphatic rings. The van der Waals surface area contributed by atoms with Gasteiger partial charge in [-0.05, 0) is 16.5 Å². The van der Waals surface area contributed by atoms with Gasteiger partial charge in [0.25, 0.3) is 0 Å². The van der Waals surface area contributed by atoms with Crippen LogP contribution < -0.4 is 0 Å². The average Bonchev–Trinajstić information content (AvgIpc) is 2.42. The summed E-state index contributed by atoms with van der Waals surface area (Å²) in [6.45, 7) is 0.740. The second-order valence-electron chi connectivity index (χ2n) is 3.19. The van der Waals surface area contributed by atoms with E-state index in [1.54, 1.807) is 18.5 Å². The molecule has 0 aliphatic carbocycles. The largest absolute Gasteiger partial charge is 0.363 e. The van der Waals surface area contributed by atoms with E-state index in [-0.39, 0.29) is 0 Å². The fourth-order valence-electron chi connectivity index (χ4n) is 1.60. The van der Waals surface area contributed by atoms with Gasteiger partial charge in [0.2, 0.25) is 0 Å². The SMILES string of the molecule is C1=NC2=C(N=NN=N/C=C\2)C12CCO2. The first-order chi connectivity index (χ1) is 6.91. The number of fused-ring (bicyclic) bond motifs is 1. The molecule has 3 rings (SSSR count). The van der Waals surface area contributed by atoms with E-state index in [2.05, 4.69) is 25.7 Å². The predicted molar refractivity (Wildman–Crippen MR) is 47.7 cm³/mol. The lowest BCUT2D eigenvalue weighted by Gasteiger charge is -2.35. The minimum absolute atomic E-state index is 0.434. The second-order valence-corrected chi connectivity index (χ2v) is 3.19. The van der Waals surface area contributed by atoms with E-state index in [4.69, 9.17) is 4.74 Å². The molecule has 1 unspecified atom stereocenters. The summed E-state index contributed by atoms with van der Waals surface area (Å²) < 4.78 is 5.48. The van der Waals surface area contributed by atoms with E-state index >= 15 is 0 Å². The van der Waals surface area contributed by atoms with Gasteiger partial charge in [0, 0.05) is 12.6 Å². The maximum atomic E-state index is 5.48. The topological polar surface area (TPSA) is 71.0 Å². The van der Waals surface area contributed by atoms with Crippen molar-refractivity contribution in [1.82, 2.24) is 0 Å². The van der Waals surface area contributed by atoms with Crippen LogP contribution in [0, 0.1) is 0 Å². The molecule has 1 saturated heterocycles. The average molecular weight is 189 g/mol. The number of ether oxygens (including phenoxy) is 1. The molecule has 0 saturated carbocycles. The van der Waals surface area contributed by atoms with Gasteiger partial charge < -0.3 is 4.74 Å². The molecule has 1 atom stereocenters. The Hall–Kier alpha value is -1.69. The molecule has 3 aliphatic heterocycles. The Morgan fingerprint density at radius 2 is 2.29 bits per heavy atom. The first-order valence-corrected chi connectivity index (χ1v) is 4.32. The quantitative estimate of drug-likeness (QED) is 0.572. The lowest BCUT2D eigenvalue weighted by Crippen LogP contribution is -2.45. The Morgan fingerprint density at radius 1 is 1.36 bits per heavy atom. The van der Waals surface area contributed by atoms with Crippen molar-refractivity contribution in [2.45, 2.75) is 12.0 Å². The van der Waals surface area contributed by atoms with Gasteiger partial charge in [0.1, 0.15) is 5.70 Å². The van der Waals surface area contributed by atoms with Crippen LogP contribution in [0.15, 0.2) is 49.3 Å². The first-order valence-electron chi connectivity index (χ1n) is 4.32. The molecule has 14 heavy (non-hydrogen) atoms. The minimum atomic E-state index is -0.434. The van der Waals surface area contributed by atoms with Gasteiger partial charge >= 0.3 is 0 Å². The van der Waals surface area contributed by atoms with Crippen molar-refractivity contribution < 1.29 is 4.74 Å². The van der Waals surface area contributed by atoms with Crippen molar-refractivity contribution in [2.24, 2.45) is 25.7 Å². The Balaban J connectivity index is 2.07. The van der Waals surface area contributed by atoms with Crippen LogP contribution in [0.3, 0.4) is 0 Å². The van der Waals surface area contributed by atoms with Crippen LogP contribution in [0.5, 0.6) is 0 Å². The van der Waals surface area contributed by atoms with Crippen molar-refractivity contribution in [3.8, 4) is 0 Å². The third-order valence-corrected chi connectivity index (χ3v) is 2.42. The normalized spacial score (nSPS) is 35.4. The van der Waals surface area contributed by atoms with E-state index in [1.165, 1.54) is 0 Å². The smallest absolute Gasteiger partial charge is 0.151 e. The van der Waals surface area contributed by atoms with Crippen molar-refractivity contribution in [2.75, 3.05) is 6.61 Å². The summed E-state index contributed by atoms with van der Waals surface area (Å²) in [6.07, 6.45) is 5.97. The highest BCUT2D eigenvalue weighted by Crippen LogP contribution is 2.40. The zero-order valence-electron chi connectivity index (χ0n) is 7.29. The van der Waals surface area contributed by atoms with Crippen LogP contribution in [0.25, 0.3) is 0 Å². The molecular formula is C8H7N5O. The molecule has 6 nitrogen and oxygen atoms in total. The Kier molecular flexibility index (Phi) is 1.45. The first kappa shape index (κ1) is 7.69. The summed E-state index contributed by atoms with van der Waals surface area (Å²) in [4.78, 5) is 4.22. The highest BCUT2D eigenvalue weighted by molar-refractivity contribution is 5.80. The van der Waals surface area contributed by atoms with Gasteiger partial charge in [0.15, 0.2) is 5.60 Å². The molecule has 1 fully saturated rings. The molecule has 0 amide bonds. The van der Waals surface area contributed by atoms with Crippen LogP contribution in [0.1, 0.15) is 6.42 Å². The van der Waals surface area contributed by atoms with Crippen LogP contribution in [-0.4, -0.2) is 18.4 Å². The Morgan fingerprint density at radius 3 is 3.07 bits per heavy atom. The van der Waals surface area contributed by atoms with Crippen molar-refractivity contribution >= 4 is 6.21 Å². The number of hydrogen-bond donors (Lipinski definition) is 0. The summed E-state index contributed by atoms with van der Waals surface area (Å²) in [5.41, 5.74) is 1.06. The Labute approximate surface area is 79.8 Å². The lowest BCUT2D eigenvalue weighted by molar-refractivity contribution is -0.0669. The van der Waals surface area contributed by atoms with Crippen LogP contribution in [0.2, 0.25) is 0 Å². The fourth-order valence-corrected chi connectivity index (χ4v) is 1.60. The molecule has 3 heterocycles. The maximum Gasteiger partial charge on any atom is 0.151 e. The third-order valence-electron chi connectivity index (χ3n) is 2.42. The number of aliphatic imine (C=N–C) groups is 1. The number of allylic oxidation sites excluding steroid dienone is 1. The molecule has 0 bridgehead atoms. The highest BCUT2D eigenvalue weighted by atomic mass is 16.5. The fraction of sp³-hybridized carbons (Fsp3) is 0.375. The second kappa shape index (κ2) is 2.65. The van der Waals surface area contributed by atoms with E-state index in [0.717, 1.165) is 24.4 Å². The van der Waals surface area contributed by atoms with E-state index in [0.29, 0.717) is 0 Å². The summed E-state index contributed by atoms with van der Waals surface area (Å²) in [5, 5.41) is 14.6. The minimum Gasteiger partial charge on any atom is -0.363 e. The van der Waals surface area contributed by atoms with E-state index in [1.807, 2.05) is 0 Å². The Bertz CT molecular complexity index is 413. The third kappa shape index (κ3) is 0.912. The molecule has 0 radical (unpaired) electrons. The van der Waals surface area contributed by atoms with Crippen molar-refractivity contribution in [1.29, 1.82) is 0 Å². The standard InChI is InChI=1S/C8H7N5O/c1-3-10-12-13-11-7-6(1)9-5-8(7)2-4-14-8/h1,3,5H,2,4H2/b3-1-,6-1?,10-3?,11-7?,12-10?,13-11?,13-12?. The van der Waals surface area contributed by atoms with Crippen LogP contribution in [-0.2, 0) is 4.74 Å². The predicted octanol–water partition coefficient (Wildman–Crippen LogP) is 1.79. The highest BCUT2D eigenvalue weighted by Gasteiger charge is 2.46. The van der Waals surface area contributed by atoms with Crippen LogP contribution >= 0.6 is 0 Å². The zero-order valence-corrected chi connectivity index (χ0v) is 7.29. The molecule has 0 aromatic carbocycles. The summed E-state index contributed by atoms with van der Waals surface area (Å²) >= 11 is 0. The summed E-state index contributed by atoms with van der Waals surface area (Å²) in [6, 6.07) is 0. The van der Waals surface area contributed by atoms with Gasteiger partial charge in [-0.25, -0.2) is 0 Å². The van der Waals surface area contributed by atoms with Crippen molar-refractivity contribution in [3.05, 3.63) is 23.7 Å². The molecule has 0 N–H and O–H groups in total. The molecular weight excluding hydrogens is 182 g/mol. The molecule has 1 spiro atoms. The zero-order chi connectivity index (χ0) is 9.43. The lowest BCUT2D eigenvalue weighted by atomic mass is 9.93. The number of hydrogen-bond acceptors (Lipinski definition) is 6. The van der Waals surface area contributed by atoms with Gasteiger partial charge in [-0.2, -0.15) is 0 Å². The summed E-state index contributed by atoms with van der Waals surface area (Å²) in [7, 11) is 0. The monoisotopic (exact) mass is 189 g/mol. The molecule has 6 heteroatoms. The van der Waals surface area contributed by atoms with Gasteiger partial charge in [-0.1, -0.05) is 0 Å². The van der Waals surface area contributed by atoms with Crippen LogP contribution in [0.4, 0.5) is 0 Å². The van der Waals surface area contributed by atoms with Gasteiger partial charge in [0.05, 0.1) is 18.5 Å². The number of nitrogens with zero attached hydrogens (tertiary/aromatic N) is 5. The van der Waals surface area contributed by atoms with E-state index in [9.17, 15) is 0 Å². The van der Waals surface area contributed by atoms with Crippen molar-refractivity contribution in [3.63, 3.8) is 0 Å². The molecule has 0 aromatic heterocycles. The molecule has 0 aromatic rings. The van der Waals surface area contributed by atoms with Gasteiger partial charge in [-0.15, -0.1) is 10.2 Å². The summed E-state index contributed by atoms with van der Waals surface area (Å²) in [5.74, 6) is 0. The number of rotatable bonds is 0.